The highest BCUT2D eigenvalue weighted by Crippen LogP contribution is 2.36. The fourth-order valence-electron chi connectivity index (χ4n) is 5.82. The molecule has 1 aliphatic rings. The molecule has 0 heterocycles. The number of nitrogens with two attached hydrogens (primary N) is 1. The summed E-state index contributed by atoms with van der Waals surface area (Å²) in [7, 11) is -0.209. The number of benzene rings is 3. The largest absolute Gasteiger partial charge is 0.406 e. The van der Waals surface area contributed by atoms with E-state index in [4.69, 9.17) is 10.2 Å². The molecule has 0 aromatic heterocycles. The number of nitrogen functional groups attached to an aromatic ring is 1. The molecule has 0 saturated heterocycles. The van der Waals surface area contributed by atoms with Crippen LogP contribution >= 0.6 is 0 Å². The van der Waals surface area contributed by atoms with Gasteiger partial charge in [0.15, 0.2) is 0 Å². The molecule has 3 nitrogen and oxygen atoms in total. The van der Waals surface area contributed by atoms with Crippen LogP contribution in [0.4, 0.5) is 5.69 Å². The quantitative estimate of drug-likeness (QED) is 0.268. The Balaban J connectivity index is 1.43. The third-order valence-electron chi connectivity index (χ3n) is 7.65. The van der Waals surface area contributed by atoms with Crippen molar-refractivity contribution < 1.29 is 4.43 Å². The van der Waals surface area contributed by atoms with E-state index in [1.807, 2.05) is 6.07 Å². The summed E-state index contributed by atoms with van der Waals surface area (Å²) in [6, 6.07) is 28.3. The summed E-state index contributed by atoms with van der Waals surface area (Å²) in [5.41, 5.74) is 9.86. The van der Waals surface area contributed by atoms with E-state index in [2.05, 4.69) is 106 Å². The minimum absolute atomic E-state index is 0.0171. The molecule has 1 atom stereocenters. The van der Waals surface area contributed by atoms with Crippen molar-refractivity contribution in [3.8, 4) is 0 Å². The second-order valence-corrected chi connectivity index (χ2v) is 15.6. The van der Waals surface area contributed by atoms with Gasteiger partial charge in [0.05, 0.1) is 0 Å². The zero-order valence-electron chi connectivity index (χ0n) is 22.0. The fourth-order valence-corrected chi connectivity index (χ4v) is 10.4. The summed E-state index contributed by atoms with van der Waals surface area (Å²) in [6.07, 6.45) is 4.78. The molecule has 3 aromatic rings. The van der Waals surface area contributed by atoms with E-state index in [1.165, 1.54) is 34.3 Å². The van der Waals surface area contributed by atoms with Crippen LogP contribution in [0.3, 0.4) is 0 Å². The second-order valence-electron chi connectivity index (χ2n) is 11.2. The Hall–Kier alpha value is -2.40. The lowest BCUT2D eigenvalue weighted by Crippen LogP contribution is -2.67. The highest BCUT2D eigenvalue weighted by atomic mass is 28.4. The van der Waals surface area contributed by atoms with Gasteiger partial charge in [0, 0.05) is 25.4 Å². The van der Waals surface area contributed by atoms with Crippen molar-refractivity contribution >= 4 is 24.4 Å². The average Bonchev–Trinajstić information content (AvgIpc) is 3.04. The molecule has 1 aliphatic carbocycles. The van der Waals surface area contributed by atoms with Gasteiger partial charge < -0.3 is 15.1 Å². The Kier molecular flexibility index (Phi) is 8.15. The van der Waals surface area contributed by atoms with Crippen LogP contribution in [0.5, 0.6) is 0 Å². The van der Waals surface area contributed by atoms with E-state index < -0.39 is 8.32 Å². The lowest BCUT2D eigenvalue weighted by Gasteiger charge is -2.43. The number of hydrogen-bond donors (Lipinski definition) is 1. The van der Waals surface area contributed by atoms with Gasteiger partial charge in [-0.05, 0) is 77.3 Å². The average molecular weight is 487 g/mol. The molecular weight excluding hydrogens is 444 g/mol. The number of fused-ring (bicyclic) bond motifs is 1. The molecule has 0 amide bonds. The van der Waals surface area contributed by atoms with Crippen LogP contribution in [0.25, 0.3) is 0 Å². The monoisotopic (exact) mass is 486 g/mol. The summed E-state index contributed by atoms with van der Waals surface area (Å²) in [5.74, 6) is 0.710. The number of nitrogens with zero attached hydrogens (tertiary/aromatic N) is 1. The molecule has 2 N–H and O–H groups in total. The smallest absolute Gasteiger partial charge is 0.261 e. The lowest BCUT2D eigenvalue weighted by atomic mass is 9.99. The van der Waals surface area contributed by atoms with Crippen molar-refractivity contribution in [2.45, 2.75) is 51.5 Å². The molecule has 0 radical (unpaired) electrons. The van der Waals surface area contributed by atoms with E-state index in [0.29, 0.717) is 5.92 Å². The lowest BCUT2D eigenvalue weighted by molar-refractivity contribution is 0.201. The molecule has 0 saturated carbocycles. The van der Waals surface area contributed by atoms with Crippen molar-refractivity contribution in [1.82, 2.24) is 4.90 Å². The zero-order chi connectivity index (χ0) is 24.9. The molecular formula is C31H42N2OSi. The number of likely N-dealkylation sites (N-methyl/N-ethyl adjacent to an activating group) is 1. The first-order valence-corrected chi connectivity index (χ1v) is 15.0. The predicted molar refractivity (Wildman–Crippen MR) is 152 cm³/mol. The Morgan fingerprint density at radius 2 is 1.43 bits per heavy atom. The maximum absolute atomic E-state index is 7.10. The number of aryl methyl sites for hydroxylation is 2. The third kappa shape index (κ3) is 5.88. The minimum Gasteiger partial charge on any atom is -0.406 e. The predicted octanol–water partition coefficient (Wildman–Crippen LogP) is 5.27. The van der Waals surface area contributed by atoms with Crippen LogP contribution in [0, 0.1) is 5.92 Å². The Morgan fingerprint density at radius 1 is 0.857 bits per heavy atom. The van der Waals surface area contributed by atoms with Crippen LogP contribution < -0.4 is 16.1 Å². The Bertz CT molecular complexity index is 1040. The van der Waals surface area contributed by atoms with E-state index >= 15 is 0 Å². The number of hydrogen-bond acceptors (Lipinski definition) is 3. The fraction of sp³-hybridized carbons (Fsp3) is 0.419. The Labute approximate surface area is 213 Å². The maximum atomic E-state index is 7.10. The molecule has 3 aromatic carbocycles. The van der Waals surface area contributed by atoms with E-state index in [1.54, 1.807) is 0 Å². The van der Waals surface area contributed by atoms with E-state index in [9.17, 15) is 0 Å². The van der Waals surface area contributed by atoms with Crippen LogP contribution in [0.2, 0.25) is 5.04 Å². The highest BCUT2D eigenvalue weighted by Gasteiger charge is 2.50. The van der Waals surface area contributed by atoms with Crippen LogP contribution in [-0.2, 0) is 17.3 Å². The maximum Gasteiger partial charge on any atom is 0.261 e. The Morgan fingerprint density at radius 3 is 2.00 bits per heavy atom. The second kappa shape index (κ2) is 11.1. The molecule has 0 spiro atoms. The van der Waals surface area contributed by atoms with Crippen molar-refractivity contribution in [1.29, 1.82) is 0 Å². The van der Waals surface area contributed by atoms with Gasteiger partial charge >= 0.3 is 0 Å². The van der Waals surface area contributed by atoms with Gasteiger partial charge in [0.2, 0.25) is 0 Å². The van der Waals surface area contributed by atoms with Gasteiger partial charge in [-0.1, -0.05) is 87.5 Å². The minimum atomic E-state index is -2.46. The topological polar surface area (TPSA) is 38.5 Å². The summed E-state index contributed by atoms with van der Waals surface area (Å²) in [6.45, 7) is 9.85. The molecule has 1 unspecified atom stereocenters. The van der Waals surface area contributed by atoms with Crippen LogP contribution in [0.15, 0.2) is 78.9 Å². The van der Waals surface area contributed by atoms with Gasteiger partial charge in [-0.25, -0.2) is 0 Å². The van der Waals surface area contributed by atoms with Gasteiger partial charge in [-0.3, -0.25) is 0 Å². The molecule has 35 heavy (non-hydrogen) atoms. The first kappa shape index (κ1) is 25.7. The molecule has 0 fully saturated rings. The van der Waals surface area contributed by atoms with Gasteiger partial charge in [0.1, 0.15) is 0 Å². The summed E-state index contributed by atoms with van der Waals surface area (Å²) in [4.78, 5) is 2.48. The first-order chi connectivity index (χ1) is 16.8. The third-order valence-corrected chi connectivity index (χ3v) is 12.7. The molecule has 0 bridgehead atoms. The molecule has 4 rings (SSSR count). The summed E-state index contributed by atoms with van der Waals surface area (Å²) < 4.78 is 7.10. The normalized spacial score (nSPS) is 16.7. The van der Waals surface area contributed by atoms with Crippen LogP contribution in [-0.4, -0.2) is 40.0 Å². The number of rotatable bonds is 8. The van der Waals surface area contributed by atoms with Gasteiger partial charge in [-0.15, -0.1) is 0 Å². The highest BCUT2D eigenvalue weighted by molar-refractivity contribution is 6.99. The molecule has 186 valence electrons. The SMILES string of the molecule is CN(CCO[Si](c1ccccc1)(c1ccccc1)C(C)(C)C)CC1CCc2ccc(N)cc2CC1. The summed E-state index contributed by atoms with van der Waals surface area (Å²) in [5, 5.41) is 2.72. The number of anilines is 1. The van der Waals surface area contributed by atoms with Gasteiger partial charge in [0.25, 0.3) is 8.32 Å². The van der Waals surface area contributed by atoms with Crippen molar-refractivity contribution in [2.75, 3.05) is 32.5 Å². The van der Waals surface area contributed by atoms with E-state index in [-0.39, 0.29) is 5.04 Å². The van der Waals surface area contributed by atoms with Crippen molar-refractivity contribution in [2.24, 2.45) is 5.92 Å². The van der Waals surface area contributed by atoms with E-state index in [0.717, 1.165) is 38.2 Å². The standard InChI is InChI=1S/C31H42N2OSi/c1-31(2,3)35(29-11-7-5-8-12-29,30-13-9-6-10-14-30)34-22-21-33(4)24-25-15-17-26-19-20-28(32)23-27(26)18-16-25/h5-14,19-20,23,25H,15-18,21-22,24,32H2,1-4H3. The van der Waals surface area contributed by atoms with Crippen molar-refractivity contribution in [3.63, 3.8) is 0 Å². The first-order valence-electron chi connectivity index (χ1n) is 13.1. The molecule has 0 aliphatic heterocycles. The van der Waals surface area contributed by atoms with Gasteiger partial charge in [-0.2, -0.15) is 0 Å². The zero-order valence-corrected chi connectivity index (χ0v) is 23.0. The molecule has 4 heteroatoms. The summed E-state index contributed by atoms with van der Waals surface area (Å²) >= 11 is 0. The van der Waals surface area contributed by atoms with Crippen LogP contribution in [0.1, 0.15) is 44.7 Å². The van der Waals surface area contributed by atoms with Crippen molar-refractivity contribution in [3.05, 3.63) is 90.0 Å².